The normalized spacial score (nSPS) is 11.6. The van der Waals surface area contributed by atoms with Gasteiger partial charge in [-0.25, -0.2) is 14.8 Å². The maximum Gasteiger partial charge on any atom is 0.453 e. The van der Waals surface area contributed by atoms with Crippen LogP contribution in [0.4, 0.5) is 13.2 Å². The lowest BCUT2D eigenvalue weighted by Gasteiger charge is -2.12. The molecule has 3 aromatic rings. The molecule has 0 atom stereocenters. The molecular weight excluding hydrogens is 434 g/mol. The summed E-state index contributed by atoms with van der Waals surface area (Å²) in [5.41, 5.74) is -0.631. The largest absolute Gasteiger partial charge is 0.480 e. The zero-order valence-corrected chi connectivity index (χ0v) is 15.2. The molecule has 0 saturated carbocycles. The Kier molecular flexibility index (Phi) is 5.36. The van der Waals surface area contributed by atoms with Crippen LogP contribution in [0.5, 0.6) is 5.75 Å². The van der Waals surface area contributed by atoms with E-state index in [0.717, 1.165) is 0 Å². The molecular formula is C15H7Cl3F3N3O3. The Bertz CT molecular complexity index is 1020. The summed E-state index contributed by atoms with van der Waals surface area (Å²) in [6.45, 7) is -0.726. The van der Waals surface area contributed by atoms with Gasteiger partial charge in [-0.3, -0.25) is 0 Å². The third kappa shape index (κ3) is 4.20. The number of carbonyl (C=O) groups excluding carboxylic acids is 1. The Morgan fingerprint density at radius 1 is 1.15 bits per heavy atom. The maximum absolute atomic E-state index is 13.2. The van der Waals surface area contributed by atoms with Crippen molar-refractivity contribution < 1.29 is 27.5 Å². The fourth-order valence-electron chi connectivity index (χ4n) is 2.07. The molecule has 0 bridgehead atoms. The highest BCUT2D eigenvalue weighted by molar-refractivity contribution is 6.35. The van der Waals surface area contributed by atoms with Gasteiger partial charge in [-0.15, -0.1) is 4.73 Å². The number of alkyl halides is 3. The van der Waals surface area contributed by atoms with Crippen molar-refractivity contribution in [3.8, 4) is 5.75 Å². The van der Waals surface area contributed by atoms with E-state index in [1.807, 2.05) is 0 Å². The molecule has 0 aliphatic carbocycles. The fourth-order valence-corrected chi connectivity index (χ4v) is 2.75. The van der Waals surface area contributed by atoms with Gasteiger partial charge in [0.2, 0.25) is 0 Å². The van der Waals surface area contributed by atoms with Crippen molar-refractivity contribution in [3.05, 3.63) is 51.4 Å². The predicted molar refractivity (Wildman–Crippen MR) is 91.1 cm³/mol. The minimum atomic E-state index is -4.91. The lowest BCUT2D eigenvalue weighted by Crippen LogP contribution is -2.29. The fraction of sp³-hybridized carbons (Fsp3) is 0.133. The molecule has 0 amide bonds. The molecule has 0 aliphatic heterocycles. The number of fused-ring (bicyclic) bond motifs is 1. The van der Waals surface area contributed by atoms with Crippen LogP contribution < -0.4 is 9.57 Å². The van der Waals surface area contributed by atoms with E-state index in [1.165, 1.54) is 30.5 Å². The Balaban J connectivity index is 1.86. The number of nitrogens with zero attached hydrogens (tertiary/aromatic N) is 3. The third-order valence-electron chi connectivity index (χ3n) is 3.15. The zero-order chi connectivity index (χ0) is 19.8. The van der Waals surface area contributed by atoms with Crippen molar-refractivity contribution in [2.45, 2.75) is 6.18 Å². The van der Waals surface area contributed by atoms with Crippen LogP contribution in [0.25, 0.3) is 11.2 Å². The van der Waals surface area contributed by atoms with Crippen molar-refractivity contribution in [2.75, 3.05) is 6.61 Å². The van der Waals surface area contributed by atoms with E-state index in [-0.39, 0.29) is 31.7 Å². The molecule has 2 aromatic heterocycles. The molecule has 142 valence electrons. The van der Waals surface area contributed by atoms with E-state index in [0.29, 0.717) is 5.02 Å². The van der Waals surface area contributed by atoms with Crippen LogP contribution in [0.1, 0.15) is 5.82 Å². The highest BCUT2D eigenvalue weighted by Gasteiger charge is 2.40. The molecule has 0 spiro atoms. The van der Waals surface area contributed by atoms with Crippen molar-refractivity contribution in [3.63, 3.8) is 0 Å². The lowest BCUT2D eigenvalue weighted by atomic mass is 10.3. The summed E-state index contributed by atoms with van der Waals surface area (Å²) in [5.74, 6) is -2.54. The summed E-state index contributed by atoms with van der Waals surface area (Å²) in [5, 5.41) is 0.334. The number of halogens is 6. The molecule has 0 aliphatic rings. The first kappa shape index (κ1) is 19.5. The number of hydrogen-bond acceptors (Lipinski definition) is 5. The first-order valence-corrected chi connectivity index (χ1v) is 8.19. The average Bonchev–Trinajstić information content (AvgIpc) is 2.94. The first-order chi connectivity index (χ1) is 12.7. The van der Waals surface area contributed by atoms with Gasteiger partial charge in [0.15, 0.2) is 12.3 Å². The number of benzene rings is 1. The molecule has 12 heteroatoms. The SMILES string of the molecule is O=C(COc1ccc(Cl)cc1Cl)On1c(C(F)(F)F)nc2nccc(Cl)c21. The minimum absolute atomic E-state index is 0.101. The van der Waals surface area contributed by atoms with E-state index in [4.69, 9.17) is 44.4 Å². The van der Waals surface area contributed by atoms with E-state index in [9.17, 15) is 18.0 Å². The summed E-state index contributed by atoms with van der Waals surface area (Å²) in [4.78, 5) is 23.8. The van der Waals surface area contributed by atoms with Crippen molar-refractivity contribution in [2.24, 2.45) is 0 Å². The van der Waals surface area contributed by atoms with Crippen LogP contribution >= 0.6 is 34.8 Å². The highest BCUT2D eigenvalue weighted by Crippen LogP contribution is 2.32. The van der Waals surface area contributed by atoms with Crippen LogP contribution in [0.2, 0.25) is 15.1 Å². The predicted octanol–water partition coefficient (Wildman–Crippen LogP) is 4.44. The van der Waals surface area contributed by atoms with Gasteiger partial charge in [-0.2, -0.15) is 13.2 Å². The molecule has 3 rings (SSSR count). The summed E-state index contributed by atoms with van der Waals surface area (Å²) in [6.07, 6.45) is -3.74. The highest BCUT2D eigenvalue weighted by atomic mass is 35.5. The molecule has 1 aromatic carbocycles. The number of aromatic nitrogens is 3. The number of rotatable bonds is 4. The number of carbonyl (C=O) groups is 1. The zero-order valence-electron chi connectivity index (χ0n) is 12.9. The molecule has 0 N–H and O–H groups in total. The van der Waals surface area contributed by atoms with Crippen molar-refractivity contribution >= 4 is 51.9 Å². The molecule has 0 saturated heterocycles. The molecule has 0 unspecified atom stereocenters. The van der Waals surface area contributed by atoms with Crippen LogP contribution in [-0.4, -0.2) is 27.3 Å². The van der Waals surface area contributed by atoms with Gasteiger partial charge < -0.3 is 9.57 Å². The van der Waals surface area contributed by atoms with Crippen LogP contribution in [0.3, 0.4) is 0 Å². The topological polar surface area (TPSA) is 66.2 Å². The third-order valence-corrected chi connectivity index (χ3v) is 3.98. The van der Waals surface area contributed by atoms with Gasteiger partial charge in [0.05, 0.1) is 10.0 Å². The average molecular weight is 441 g/mol. The van der Waals surface area contributed by atoms with Gasteiger partial charge in [0.1, 0.15) is 11.3 Å². The summed E-state index contributed by atoms with van der Waals surface area (Å²) >= 11 is 17.5. The smallest absolute Gasteiger partial charge is 0.453 e. The van der Waals surface area contributed by atoms with Crippen LogP contribution in [-0.2, 0) is 11.0 Å². The minimum Gasteiger partial charge on any atom is -0.480 e. The van der Waals surface area contributed by atoms with Gasteiger partial charge >= 0.3 is 12.1 Å². The second-order valence-electron chi connectivity index (χ2n) is 5.02. The summed E-state index contributed by atoms with van der Waals surface area (Å²) in [6, 6.07) is 5.47. The number of pyridine rings is 1. The molecule has 27 heavy (non-hydrogen) atoms. The second kappa shape index (κ2) is 7.41. The molecule has 0 radical (unpaired) electrons. The summed E-state index contributed by atoms with van der Waals surface area (Å²) < 4.78 is 44.9. The number of hydrogen-bond donors (Lipinski definition) is 0. The van der Waals surface area contributed by atoms with E-state index < -0.39 is 24.6 Å². The number of imidazole rings is 1. The van der Waals surface area contributed by atoms with Crippen LogP contribution in [0, 0.1) is 0 Å². The Morgan fingerprint density at radius 2 is 1.89 bits per heavy atom. The van der Waals surface area contributed by atoms with Gasteiger partial charge in [-0.1, -0.05) is 34.8 Å². The monoisotopic (exact) mass is 439 g/mol. The van der Waals surface area contributed by atoms with E-state index >= 15 is 0 Å². The lowest BCUT2D eigenvalue weighted by molar-refractivity contribution is -0.163. The van der Waals surface area contributed by atoms with E-state index in [2.05, 4.69) is 9.97 Å². The first-order valence-electron chi connectivity index (χ1n) is 7.06. The Morgan fingerprint density at radius 3 is 2.56 bits per heavy atom. The molecule has 2 heterocycles. The number of ether oxygens (including phenoxy) is 1. The van der Waals surface area contributed by atoms with Crippen LogP contribution in [0.15, 0.2) is 30.5 Å². The molecule has 6 nitrogen and oxygen atoms in total. The Hall–Kier alpha value is -2.23. The van der Waals surface area contributed by atoms with E-state index in [1.54, 1.807) is 0 Å². The quantitative estimate of drug-likeness (QED) is 0.600. The standard InChI is InChI=1S/C15H7Cl3F3N3O3/c16-7-1-2-10(9(18)5-7)26-6-11(25)27-24-12-8(17)3-4-22-13(12)23-14(24)15(19,20)21/h1-5H,6H2. The van der Waals surface area contributed by atoms with Gasteiger partial charge in [-0.05, 0) is 24.3 Å². The molecule has 0 fully saturated rings. The second-order valence-corrected chi connectivity index (χ2v) is 6.27. The Labute approximate surface area is 164 Å². The van der Waals surface area contributed by atoms with Gasteiger partial charge in [0, 0.05) is 11.2 Å². The van der Waals surface area contributed by atoms with Crippen molar-refractivity contribution in [1.29, 1.82) is 0 Å². The van der Waals surface area contributed by atoms with Gasteiger partial charge in [0.25, 0.3) is 5.82 Å². The van der Waals surface area contributed by atoms with Crippen molar-refractivity contribution in [1.82, 2.24) is 14.7 Å². The maximum atomic E-state index is 13.2. The summed E-state index contributed by atoms with van der Waals surface area (Å²) in [7, 11) is 0.